The normalized spacial score (nSPS) is 12.0. The van der Waals surface area contributed by atoms with Gasteiger partial charge in [-0.1, -0.05) is 6.07 Å². The van der Waals surface area contributed by atoms with Gasteiger partial charge in [-0.05, 0) is 35.9 Å². The molecule has 1 N–H and O–H groups in total. The Bertz CT molecular complexity index is 944. The highest BCUT2D eigenvalue weighted by molar-refractivity contribution is 5.96. The first kappa shape index (κ1) is 22.7. The molecule has 0 aliphatic carbocycles. The fraction of sp³-hybridized carbons (Fsp3) is 0.263. The van der Waals surface area contributed by atoms with Crippen LogP contribution in [0.25, 0.3) is 0 Å². The van der Waals surface area contributed by atoms with Crippen molar-refractivity contribution < 1.29 is 37.2 Å². The third-order valence-electron chi connectivity index (χ3n) is 4.15. The minimum absolute atomic E-state index is 0.0205. The van der Waals surface area contributed by atoms with Crippen LogP contribution in [0.4, 0.5) is 18.9 Å². The van der Waals surface area contributed by atoms with Gasteiger partial charge in [-0.2, -0.15) is 13.2 Å². The van der Waals surface area contributed by atoms with Gasteiger partial charge in [0.05, 0.1) is 24.7 Å². The third-order valence-corrected chi connectivity index (χ3v) is 4.15. The number of amides is 1. The maximum Gasteiger partial charge on any atom is 0.416 e. The first-order valence-electron chi connectivity index (χ1n) is 8.44. The largest absolute Gasteiger partial charge is 0.490 e. The van der Waals surface area contributed by atoms with Gasteiger partial charge in [-0.25, -0.2) is 4.79 Å². The van der Waals surface area contributed by atoms with E-state index < -0.39 is 34.6 Å². The summed E-state index contributed by atoms with van der Waals surface area (Å²) < 4.78 is 47.5. The lowest BCUT2D eigenvalue weighted by molar-refractivity contribution is -0.385. The van der Waals surface area contributed by atoms with Crippen LogP contribution in [-0.2, 0) is 22.1 Å². The summed E-state index contributed by atoms with van der Waals surface area (Å²) in [6.07, 6.45) is -4.70. The number of nitrogens with one attached hydrogen (secondary N) is 1. The average Bonchev–Trinajstić information content (AvgIpc) is 2.71. The number of nitro groups is 1. The van der Waals surface area contributed by atoms with E-state index in [2.05, 4.69) is 10.1 Å². The van der Waals surface area contributed by atoms with Crippen molar-refractivity contribution in [3.05, 3.63) is 69.3 Å². The number of methoxy groups -OCH3 is 2. The highest BCUT2D eigenvalue weighted by Gasteiger charge is 2.30. The molecule has 0 aliphatic heterocycles. The third kappa shape index (κ3) is 5.46. The van der Waals surface area contributed by atoms with E-state index in [1.54, 1.807) is 0 Å². The second kappa shape index (κ2) is 9.25. The van der Waals surface area contributed by atoms with Gasteiger partial charge in [0.2, 0.25) is 0 Å². The SMILES string of the molecule is COC(=O)[C@@H](Cc1ccc(OC)c([N+](=O)[O-])c1)NC(=O)c1ccc(C(F)(F)F)cc1. The molecule has 2 aromatic carbocycles. The van der Waals surface area contributed by atoms with Crippen molar-refractivity contribution in [2.24, 2.45) is 0 Å². The molecule has 0 radical (unpaired) electrons. The van der Waals surface area contributed by atoms with Crippen molar-refractivity contribution in [2.75, 3.05) is 14.2 Å². The Morgan fingerprint density at radius 2 is 1.77 bits per heavy atom. The molecule has 1 amide bonds. The van der Waals surface area contributed by atoms with Crippen molar-refractivity contribution in [3.8, 4) is 5.75 Å². The number of hydrogen-bond donors (Lipinski definition) is 1. The Labute approximate surface area is 168 Å². The Hall–Kier alpha value is -3.63. The second-order valence-corrected chi connectivity index (χ2v) is 6.09. The highest BCUT2D eigenvalue weighted by Crippen LogP contribution is 2.29. The van der Waals surface area contributed by atoms with Crippen LogP contribution in [0.1, 0.15) is 21.5 Å². The predicted octanol–water partition coefficient (Wildman–Crippen LogP) is 3.14. The van der Waals surface area contributed by atoms with Crippen LogP contribution in [-0.4, -0.2) is 37.1 Å². The zero-order valence-electron chi connectivity index (χ0n) is 15.9. The van der Waals surface area contributed by atoms with E-state index in [-0.39, 0.29) is 23.4 Å². The number of carbonyl (C=O) groups excluding carboxylic acids is 2. The molecule has 30 heavy (non-hydrogen) atoms. The number of ether oxygens (including phenoxy) is 2. The summed E-state index contributed by atoms with van der Waals surface area (Å²) in [6, 6.07) is 6.24. The van der Waals surface area contributed by atoms with E-state index in [1.807, 2.05) is 0 Å². The first-order chi connectivity index (χ1) is 14.1. The van der Waals surface area contributed by atoms with Gasteiger partial charge in [0.25, 0.3) is 5.91 Å². The molecule has 0 aliphatic rings. The van der Waals surface area contributed by atoms with Crippen LogP contribution >= 0.6 is 0 Å². The number of carbonyl (C=O) groups is 2. The van der Waals surface area contributed by atoms with Gasteiger partial charge >= 0.3 is 17.8 Å². The summed E-state index contributed by atoms with van der Waals surface area (Å²) in [7, 11) is 2.36. The van der Waals surface area contributed by atoms with Gasteiger partial charge in [0.15, 0.2) is 5.75 Å². The number of nitrogens with zero attached hydrogens (tertiary/aromatic N) is 1. The summed E-state index contributed by atoms with van der Waals surface area (Å²) in [5.74, 6) is -1.61. The highest BCUT2D eigenvalue weighted by atomic mass is 19.4. The fourth-order valence-electron chi connectivity index (χ4n) is 2.63. The summed E-state index contributed by atoms with van der Waals surface area (Å²) in [4.78, 5) is 34.9. The quantitative estimate of drug-likeness (QED) is 0.414. The number of benzene rings is 2. The molecule has 0 heterocycles. The van der Waals surface area contributed by atoms with Crippen LogP contribution in [0.5, 0.6) is 5.75 Å². The van der Waals surface area contributed by atoms with E-state index in [9.17, 15) is 32.9 Å². The molecule has 2 rings (SSSR count). The molecule has 1 atom stereocenters. The van der Waals surface area contributed by atoms with E-state index in [1.165, 1.54) is 25.3 Å². The summed E-state index contributed by atoms with van der Waals surface area (Å²) in [6.45, 7) is 0. The lowest BCUT2D eigenvalue weighted by Gasteiger charge is -2.17. The van der Waals surface area contributed by atoms with Crippen LogP contribution in [0, 0.1) is 10.1 Å². The lowest BCUT2D eigenvalue weighted by Crippen LogP contribution is -2.43. The number of hydrogen-bond acceptors (Lipinski definition) is 6. The standard InChI is InChI=1S/C19H17F3N2O6/c1-29-16-8-3-11(10-15(16)24(27)28)9-14(18(26)30-2)23-17(25)12-4-6-13(7-5-12)19(20,21)22/h3-8,10,14H,9H2,1-2H3,(H,23,25)/t14-/m1/s1. The Morgan fingerprint density at radius 1 is 1.13 bits per heavy atom. The topological polar surface area (TPSA) is 108 Å². The molecular weight excluding hydrogens is 409 g/mol. The number of esters is 1. The molecule has 2 aromatic rings. The van der Waals surface area contributed by atoms with Crippen LogP contribution in [0.15, 0.2) is 42.5 Å². The number of alkyl halides is 3. The summed E-state index contributed by atoms with van der Waals surface area (Å²) in [5, 5.41) is 13.5. The minimum Gasteiger partial charge on any atom is -0.490 e. The molecule has 0 spiro atoms. The van der Waals surface area contributed by atoms with E-state index in [0.29, 0.717) is 5.56 Å². The summed E-state index contributed by atoms with van der Waals surface area (Å²) in [5.41, 5.74) is -1.01. The molecule has 0 saturated carbocycles. The molecule has 0 unspecified atom stereocenters. The van der Waals surface area contributed by atoms with Crippen molar-refractivity contribution >= 4 is 17.6 Å². The molecule has 0 fully saturated rings. The lowest BCUT2D eigenvalue weighted by atomic mass is 10.0. The number of nitro benzene ring substituents is 1. The number of halogens is 3. The van der Waals surface area contributed by atoms with E-state index in [4.69, 9.17) is 4.74 Å². The Morgan fingerprint density at radius 3 is 2.27 bits per heavy atom. The fourth-order valence-corrected chi connectivity index (χ4v) is 2.63. The average molecular weight is 426 g/mol. The van der Waals surface area contributed by atoms with Crippen molar-refractivity contribution in [3.63, 3.8) is 0 Å². The maximum atomic E-state index is 12.6. The molecule has 0 bridgehead atoms. The minimum atomic E-state index is -4.55. The van der Waals surface area contributed by atoms with Crippen LogP contribution < -0.4 is 10.1 Å². The van der Waals surface area contributed by atoms with Crippen LogP contribution in [0.2, 0.25) is 0 Å². The van der Waals surface area contributed by atoms with E-state index >= 15 is 0 Å². The van der Waals surface area contributed by atoms with Gasteiger partial charge in [0, 0.05) is 18.1 Å². The Balaban J connectivity index is 2.22. The summed E-state index contributed by atoms with van der Waals surface area (Å²) >= 11 is 0. The zero-order chi connectivity index (χ0) is 22.5. The van der Waals surface area contributed by atoms with Crippen molar-refractivity contribution in [2.45, 2.75) is 18.6 Å². The van der Waals surface area contributed by atoms with Crippen molar-refractivity contribution in [1.82, 2.24) is 5.32 Å². The Kier molecular flexibility index (Phi) is 6.98. The predicted molar refractivity (Wildman–Crippen MR) is 98.1 cm³/mol. The van der Waals surface area contributed by atoms with E-state index in [0.717, 1.165) is 31.4 Å². The second-order valence-electron chi connectivity index (χ2n) is 6.09. The van der Waals surface area contributed by atoms with Gasteiger partial charge in [-0.3, -0.25) is 14.9 Å². The molecule has 0 aromatic heterocycles. The van der Waals surface area contributed by atoms with Gasteiger partial charge < -0.3 is 14.8 Å². The molecule has 8 nitrogen and oxygen atoms in total. The van der Waals surface area contributed by atoms with Gasteiger partial charge in [-0.15, -0.1) is 0 Å². The number of rotatable bonds is 7. The first-order valence-corrected chi connectivity index (χ1v) is 8.44. The maximum absolute atomic E-state index is 12.6. The van der Waals surface area contributed by atoms with Crippen molar-refractivity contribution in [1.29, 1.82) is 0 Å². The van der Waals surface area contributed by atoms with Crippen LogP contribution in [0.3, 0.4) is 0 Å². The van der Waals surface area contributed by atoms with Gasteiger partial charge in [0.1, 0.15) is 6.04 Å². The zero-order valence-corrected chi connectivity index (χ0v) is 15.9. The molecule has 11 heteroatoms. The molecule has 160 valence electrons. The molecular formula is C19H17F3N2O6. The monoisotopic (exact) mass is 426 g/mol. The molecule has 0 saturated heterocycles. The smallest absolute Gasteiger partial charge is 0.416 e.